The van der Waals surface area contributed by atoms with Crippen molar-refractivity contribution in [3.05, 3.63) is 53.7 Å². The van der Waals surface area contributed by atoms with E-state index in [9.17, 15) is 4.79 Å². The van der Waals surface area contributed by atoms with Crippen LogP contribution in [0.1, 0.15) is 65.9 Å². The molecule has 2 aliphatic carbocycles. The highest BCUT2D eigenvalue weighted by Gasteiger charge is 2.53. The van der Waals surface area contributed by atoms with Gasteiger partial charge in [0.15, 0.2) is 5.82 Å². The van der Waals surface area contributed by atoms with Crippen molar-refractivity contribution in [2.45, 2.75) is 43.9 Å². The molecule has 3 fully saturated rings. The molecule has 1 atom stereocenters. The summed E-state index contributed by atoms with van der Waals surface area (Å²) in [4.78, 5) is 20.3. The van der Waals surface area contributed by atoms with Gasteiger partial charge in [-0.05, 0) is 31.1 Å². The Labute approximate surface area is 168 Å². The van der Waals surface area contributed by atoms with E-state index < -0.39 is 0 Å². The van der Waals surface area contributed by atoms with Gasteiger partial charge in [0.1, 0.15) is 5.82 Å². The van der Waals surface area contributed by atoms with Gasteiger partial charge < -0.3 is 4.90 Å². The fourth-order valence-corrected chi connectivity index (χ4v) is 5.05. The minimum absolute atomic E-state index is 0.0494. The van der Waals surface area contributed by atoms with Crippen LogP contribution in [0.15, 0.2) is 36.5 Å². The molecule has 1 saturated heterocycles. The van der Waals surface area contributed by atoms with Crippen LogP contribution < -0.4 is 0 Å². The second-order valence-electron chi connectivity index (χ2n) is 8.83. The summed E-state index contributed by atoms with van der Waals surface area (Å²) in [5, 5.41) is 14.9. The molecule has 7 heteroatoms. The molecule has 3 heterocycles. The number of carbonyl (C=O) groups excluding carboxylic acids is 1. The van der Waals surface area contributed by atoms with Crippen LogP contribution in [-0.4, -0.2) is 49.3 Å². The van der Waals surface area contributed by atoms with E-state index in [0.29, 0.717) is 18.0 Å². The molecule has 7 nitrogen and oxygen atoms in total. The van der Waals surface area contributed by atoms with Crippen molar-refractivity contribution in [1.82, 2.24) is 30.3 Å². The first-order chi connectivity index (χ1) is 14.2. The van der Waals surface area contributed by atoms with Gasteiger partial charge in [-0.2, -0.15) is 10.2 Å². The van der Waals surface area contributed by atoms with E-state index in [0.717, 1.165) is 42.3 Å². The fourth-order valence-electron chi connectivity index (χ4n) is 5.05. The average Bonchev–Trinajstić information content (AvgIpc) is 3.14. The Morgan fingerprint density at radius 3 is 2.69 bits per heavy atom. The lowest BCUT2D eigenvalue weighted by Gasteiger charge is -2.41. The molecule has 148 valence electrons. The molecule has 2 aromatic heterocycles. The second-order valence-corrected chi connectivity index (χ2v) is 8.83. The van der Waals surface area contributed by atoms with Gasteiger partial charge in [0.2, 0.25) is 0 Å². The normalized spacial score (nSPS) is 22.8. The molecule has 0 bridgehead atoms. The van der Waals surface area contributed by atoms with Crippen molar-refractivity contribution >= 4 is 5.91 Å². The number of carbonyl (C=O) groups is 1. The number of aromatic amines is 2. The molecule has 1 amide bonds. The summed E-state index contributed by atoms with van der Waals surface area (Å²) < 4.78 is 0. The van der Waals surface area contributed by atoms with Crippen LogP contribution >= 0.6 is 0 Å². The number of hydrogen-bond donors (Lipinski definition) is 2. The van der Waals surface area contributed by atoms with E-state index in [4.69, 9.17) is 4.98 Å². The summed E-state index contributed by atoms with van der Waals surface area (Å²) in [6.45, 7) is 1.48. The van der Waals surface area contributed by atoms with Crippen molar-refractivity contribution in [3.8, 4) is 11.3 Å². The zero-order chi connectivity index (χ0) is 19.4. The predicted octanol–water partition coefficient (Wildman–Crippen LogP) is 3.48. The summed E-state index contributed by atoms with van der Waals surface area (Å²) in [6.07, 6.45) is 7.57. The summed E-state index contributed by atoms with van der Waals surface area (Å²) in [7, 11) is 0. The van der Waals surface area contributed by atoms with Gasteiger partial charge in [0, 0.05) is 30.5 Å². The van der Waals surface area contributed by atoms with Gasteiger partial charge >= 0.3 is 0 Å². The van der Waals surface area contributed by atoms with E-state index >= 15 is 0 Å². The number of rotatable bonds is 4. The SMILES string of the molecule is O=C(c1cn[nH]c1-c1ccccc1)N1CC(c2nc(C3CC3)n[nH]2)C2(CCC2)C1. The smallest absolute Gasteiger partial charge is 0.257 e. The van der Waals surface area contributed by atoms with Crippen LogP contribution in [-0.2, 0) is 0 Å². The van der Waals surface area contributed by atoms with Gasteiger partial charge in [0.25, 0.3) is 5.91 Å². The monoisotopic (exact) mass is 388 g/mol. The highest BCUT2D eigenvalue weighted by Crippen LogP contribution is 2.55. The first-order valence-corrected chi connectivity index (χ1v) is 10.5. The second kappa shape index (κ2) is 6.27. The fraction of sp³-hybridized carbons (Fsp3) is 0.455. The Morgan fingerprint density at radius 1 is 1.14 bits per heavy atom. The van der Waals surface area contributed by atoms with Gasteiger partial charge in [-0.3, -0.25) is 15.0 Å². The van der Waals surface area contributed by atoms with Crippen LogP contribution in [0.5, 0.6) is 0 Å². The summed E-state index contributed by atoms with van der Waals surface area (Å²) in [5.74, 6) is 2.76. The van der Waals surface area contributed by atoms with E-state index in [1.165, 1.54) is 19.3 Å². The Hall–Kier alpha value is -2.96. The highest BCUT2D eigenvalue weighted by molar-refractivity contribution is 6.00. The average molecular weight is 388 g/mol. The lowest BCUT2D eigenvalue weighted by atomic mass is 9.62. The van der Waals surface area contributed by atoms with Gasteiger partial charge in [-0.1, -0.05) is 36.8 Å². The lowest BCUT2D eigenvalue weighted by molar-refractivity contribution is 0.0724. The van der Waals surface area contributed by atoms with Crippen LogP contribution in [0, 0.1) is 5.41 Å². The first-order valence-electron chi connectivity index (χ1n) is 10.5. The van der Waals surface area contributed by atoms with Crippen molar-refractivity contribution in [2.75, 3.05) is 13.1 Å². The van der Waals surface area contributed by atoms with Crippen LogP contribution in [0.2, 0.25) is 0 Å². The molecule has 3 aromatic rings. The summed E-state index contributed by atoms with van der Waals surface area (Å²) in [6, 6.07) is 9.92. The Balaban J connectivity index is 1.29. The molecule has 0 radical (unpaired) electrons. The van der Waals surface area contributed by atoms with E-state index in [1.54, 1.807) is 6.20 Å². The Kier molecular flexibility index (Phi) is 3.66. The zero-order valence-corrected chi connectivity index (χ0v) is 16.3. The highest BCUT2D eigenvalue weighted by atomic mass is 16.2. The van der Waals surface area contributed by atoms with E-state index in [2.05, 4.69) is 20.4 Å². The largest absolute Gasteiger partial charge is 0.337 e. The minimum Gasteiger partial charge on any atom is -0.337 e. The Morgan fingerprint density at radius 2 is 1.97 bits per heavy atom. The third-order valence-electron chi connectivity index (χ3n) is 7.01. The molecule has 1 spiro atoms. The van der Waals surface area contributed by atoms with Gasteiger partial charge in [-0.15, -0.1) is 0 Å². The minimum atomic E-state index is 0.0494. The number of nitrogens with one attached hydrogen (secondary N) is 2. The lowest BCUT2D eigenvalue weighted by Crippen LogP contribution is -2.38. The van der Waals surface area contributed by atoms with Gasteiger partial charge in [-0.25, -0.2) is 4.98 Å². The number of aromatic nitrogens is 5. The zero-order valence-electron chi connectivity index (χ0n) is 16.3. The van der Waals surface area contributed by atoms with E-state index in [-0.39, 0.29) is 17.2 Å². The standard InChI is InChI=1S/C22H24N6O/c29-21(16-11-23-25-18(16)14-5-2-1-3-6-14)28-12-17(22(13-28)9-4-10-22)20-24-19(26-27-20)15-7-8-15/h1-3,5-6,11,15,17H,4,7-10,12-13H2,(H,23,25)(H,24,26,27). The quantitative estimate of drug-likeness (QED) is 0.716. The number of nitrogens with zero attached hydrogens (tertiary/aromatic N) is 4. The van der Waals surface area contributed by atoms with Crippen LogP contribution in [0.4, 0.5) is 0 Å². The molecule has 6 rings (SSSR count). The molecule has 1 aromatic carbocycles. The van der Waals surface area contributed by atoms with Crippen molar-refractivity contribution < 1.29 is 4.79 Å². The number of H-pyrrole nitrogens is 2. The molecule has 29 heavy (non-hydrogen) atoms. The molecular weight excluding hydrogens is 364 g/mol. The predicted molar refractivity (Wildman–Crippen MR) is 107 cm³/mol. The Bertz CT molecular complexity index is 1050. The molecular formula is C22H24N6O. The molecule has 1 unspecified atom stereocenters. The van der Waals surface area contributed by atoms with Crippen molar-refractivity contribution in [2.24, 2.45) is 5.41 Å². The number of benzene rings is 1. The third-order valence-corrected chi connectivity index (χ3v) is 7.01. The molecule has 2 saturated carbocycles. The molecule has 3 aliphatic rings. The number of likely N-dealkylation sites (tertiary alicyclic amines) is 1. The van der Waals surface area contributed by atoms with E-state index in [1.807, 2.05) is 35.2 Å². The van der Waals surface area contributed by atoms with Crippen LogP contribution in [0.3, 0.4) is 0 Å². The van der Waals surface area contributed by atoms with Gasteiger partial charge in [0.05, 0.1) is 17.5 Å². The van der Waals surface area contributed by atoms with Crippen LogP contribution in [0.25, 0.3) is 11.3 Å². The molecule has 2 N–H and O–H groups in total. The maximum Gasteiger partial charge on any atom is 0.257 e. The number of hydrogen-bond acceptors (Lipinski definition) is 4. The summed E-state index contributed by atoms with van der Waals surface area (Å²) in [5.41, 5.74) is 2.55. The molecule has 1 aliphatic heterocycles. The summed E-state index contributed by atoms with van der Waals surface area (Å²) >= 11 is 0. The topological polar surface area (TPSA) is 90.6 Å². The maximum absolute atomic E-state index is 13.5. The van der Waals surface area contributed by atoms with Crippen molar-refractivity contribution in [1.29, 1.82) is 0 Å². The van der Waals surface area contributed by atoms with Crippen molar-refractivity contribution in [3.63, 3.8) is 0 Å². The third kappa shape index (κ3) is 2.71. The first kappa shape index (κ1) is 16.9. The maximum atomic E-state index is 13.5. The number of amides is 1.